The molecule has 9 nitrogen and oxygen atoms in total. The second-order valence-electron chi connectivity index (χ2n) is 9.84. The molecule has 0 unspecified atom stereocenters. The van der Waals surface area contributed by atoms with Gasteiger partial charge in [0.1, 0.15) is 12.1 Å². The van der Waals surface area contributed by atoms with E-state index in [0.29, 0.717) is 58.6 Å². The maximum absolute atomic E-state index is 13.6. The van der Waals surface area contributed by atoms with E-state index < -0.39 is 5.92 Å². The number of allylic oxidation sites excluding steroid dienone is 2. The van der Waals surface area contributed by atoms with Gasteiger partial charge in [0.25, 0.3) is 0 Å². The highest BCUT2D eigenvalue weighted by molar-refractivity contribution is 6.00. The Morgan fingerprint density at radius 2 is 1.94 bits per heavy atom. The number of rotatable bonds is 4. The Hall–Kier alpha value is -4.27. The molecule has 2 aliphatic rings. The lowest BCUT2D eigenvalue weighted by molar-refractivity contribution is -0.118. The number of carbonyl (C=O) groups is 1. The molecule has 0 saturated heterocycles. The summed E-state index contributed by atoms with van der Waals surface area (Å²) in [6.07, 6.45) is 6.07. The van der Waals surface area contributed by atoms with E-state index in [9.17, 15) is 4.79 Å². The van der Waals surface area contributed by atoms with Crippen molar-refractivity contribution in [1.29, 1.82) is 0 Å². The van der Waals surface area contributed by atoms with Crippen LogP contribution in [0.4, 0.5) is 0 Å². The van der Waals surface area contributed by atoms with Crippen LogP contribution in [0.25, 0.3) is 17.0 Å². The molecule has 6 rings (SSSR count). The lowest BCUT2D eigenvalue weighted by Gasteiger charge is -2.37. The number of carbonyl (C=O) groups excluding carboxylic acids is 1. The molecule has 0 amide bonds. The minimum absolute atomic E-state index is 0.0562. The molecule has 3 aromatic heterocycles. The van der Waals surface area contributed by atoms with Crippen LogP contribution < -0.4 is 14.2 Å². The van der Waals surface area contributed by atoms with Crippen molar-refractivity contribution in [1.82, 2.24) is 24.6 Å². The second-order valence-corrected chi connectivity index (χ2v) is 9.84. The van der Waals surface area contributed by atoms with E-state index in [0.717, 1.165) is 11.1 Å². The van der Waals surface area contributed by atoms with Gasteiger partial charge in [0.2, 0.25) is 5.88 Å². The number of hydrogen-bond acceptors (Lipinski definition) is 8. The Labute approximate surface area is 207 Å². The summed E-state index contributed by atoms with van der Waals surface area (Å²) in [6.45, 7) is 4.16. The quantitative estimate of drug-likeness (QED) is 0.422. The van der Waals surface area contributed by atoms with Crippen LogP contribution in [0.15, 0.2) is 60.4 Å². The van der Waals surface area contributed by atoms with Crippen molar-refractivity contribution in [3.8, 4) is 28.8 Å². The fourth-order valence-electron chi connectivity index (χ4n) is 5.13. The first-order valence-corrected chi connectivity index (χ1v) is 11.7. The normalized spacial score (nSPS) is 18.4. The molecule has 9 heteroatoms. The van der Waals surface area contributed by atoms with Crippen LogP contribution in [0.1, 0.15) is 43.7 Å². The minimum atomic E-state index is -0.450. The largest absolute Gasteiger partial charge is 0.493 e. The summed E-state index contributed by atoms with van der Waals surface area (Å²) in [5, 5.41) is 4.63. The third-order valence-corrected chi connectivity index (χ3v) is 6.72. The van der Waals surface area contributed by atoms with Crippen LogP contribution in [-0.4, -0.2) is 44.6 Å². The van der Waals surface area contributed by atoms with Gasteiger partial charge >= 0.3 is 0 Å². The van der Waals surface area contributed by atoms with Gasteiger partial charge in [-0.1, -0.05) is 19.9 Å². The Morgan fingerprint density at radius 3 is 2.69 bits per heavy atom. The Morgan fingerprint density at radius 1 is 1.11 bits per heavy atom. The number of ketones is 1. The predicted molar refractivity (Wildman–Crippen MR) is 131 cm³/mol. The van der Waals surface area contributed by atoms with Crippen LogP contribution in [-0.2, 0) is 4.79 Å². The number of benzene rings is 1. The standard InChI is InChI=1S/C27H25N5O4/c1-27(2)11-17(33)22-20(12-27)36-26-23(21(22)15-7-8-18(34-3)19(10-15)35-4)25-30-24(31-32(25)14-29-26)16-6-5-9-28-13-16/h5-10,13-14,21H,11-12H2,1-4H3/t21-/m1/s1. The number of pyridine rings is 1. The highest BCUT2D eigenvalue weighted by Gasteiger charge is 2.44. The van der Waals surface area contributed by atoms with Crippen molar-refractivity contribution in [2.75, 3.05) is 14.2 Å². The smallest absolute Gasteiger partial charge is 0.228 e. The van der Waals surface area contributed by atoms with Gasteiger partial charge in [0.15, 0.2) is 28.8 Å². The first kappa shape index (κ1) is 22.2. The zero-order valence-electron chi connectivity index (χ0n) is 20.5. The molecule has 0 spiro atoms. The molecule has 182 valence electrons. The molecule has 4 aromatic rings. The zero-order valence-corrected chi connectivity index (χ0v) is 20.5. The molecular formula is C27H25N5O4. The van der Waals surface area contributed by atoms with Crippen molar-refractivity contribution in [2.45, 2.75) is 32.6 Å². The fraction of sp³-hybridized carbons (Fsp3) is 0.296. The number of methoxy groups -OCH3 is 2. The molecule has 1 aliphatic heterocycles. The second kappa shape index (κ2) is 8.15. The Balaban J connectivity index is 1.61. The van der Waals surface area contributed by atoms with Crippen molar-refractivity contribution in [3.63, 3.8) is 0 Å². The van der Waals surface area contributed by atoms with Gasteiger partial charge < -0.3 is 14.2 Å². The summed E-state index contributed by atoms with van der Waals surface area (Å²) in [6, 6.07) is 9.43. The van der Waals surface area contributed by atoms with E-state index in [-0.39, 0.29) is 11.2 Å². The molecule has 0 saturated carbocycles. The first-order chi connectivity index (χ1) is 17.4. The average molecular weight is 484 g/mol. The summed E-state index contributed by atoms with van der Waals surface area (Å²) in [5.74, 6) is 2.39. The fourth-order valence-corrected chi connectivity index (χ4v) is 5.13. The average Bonchev–Trinajstić information content (AvgIpc) is 3.31. The first-order valence-electron chi connectivity index (χ1n) is 11.7. The van der Waals surface area contributed by atoms with Crippen molar-refractivity contribution in [2.24, 2.45) is 5.41 Å². The van der Waals surface area contributed by atoms with Crippen LogP contribution >= 0.6 is 0 Å². The minimum Gasteiger partial charge on any atom is -0.493 e. The summed E-state index contributed by atoms with van der Waals surface area (Å²) >= 11 is 0. The van der Waals surface area contributed by atoms with Gasteiger partial charge in [-0.15, -0.1) is 5.10 Å². The maximum Gasteiger partial charge on any atom is 0.228 e. The summed E-state index contributed by atoms with van der Waals surface area (Å²) in [7, 11) is 3.19. The molecule has 0 N–H and O–H groups in total. The number of Topliss-reactive ketones (excluding diaryl/α,β-unsaturated/α-hetero) is 1. The molecule has 36 heavy (non-hydrogen) atoms. The molecule has 1 atom stereocenters. The van der Waals surface area contributed by atoms with Gasteiger partial charge in [-0.2, -0.15) is 0 Å². The van der Waals surface area contributed by atoms with Gasteiger partial charge in [0, 0.05) is 36.4 Å². The third-order valence-electron chi connectivity index (χ3n) is 6.72. The number of nitrogens with zero attached hydrogens (tertiary/aromatic N) is 5. The van der Waals surface area contributed by atoms with E-state index >= 15 is 0 Å². The van der Waals surface area contributed by atoms with Gasteiger partial charge in [-0.3, -0.25) is 9.78 Å². The number of ether oxygens (including phenoxy) is 3. The van der Waals surface area contributed by atoms with E-state index in [1.165, 1.54) is 0 Å². The number of aromatic nitrogens is 5. The third kappa shape index (κ3) is 3.50. The molecule has 1 aromatic carbocycles. The van der Waals surface area contributed by atoms with E-state index in [2.05, 4.69) is 28.9 Å². The summed E-state index contributed by atoms with van der Waals surface area (Å²) < 4.78 is 19.0. The zero-order chi connectivity index (χ0) is 25.0. The number of fused-ring (bicyclic) bond motifs is 3. The highest BCUT2D eigenvalue weighted by Crippen LogP contribution is 2.51. The van der Waals surface area contributed by atoms with Crippen LogP contribution in [0.5, 0.6) is 17.4 Å². The van der Waals surface area contributed by atoms with E-state index in [1.807, 2.05) is 30.3 Å². The lowest BCUT2D eigenvalue weighted by atomic mass is 9.70. The predicted octanol–water partition coefficient (Wildman–Crippen LogP) is 4.37. The van der Waals surface area contributed by atoms with Gasteiger partial charge in [-0.25, -0.2) is 14.5 Å². The molecule has 0 bridgehead atoms. The van der Waals surface area contributed by atoms with Crippen molar-refractivity contribution < 1.29 is 19.0 Å². The number of hydrogen-bond donors (Lipinski definition) is 0. The van der Waals surface area contributed by atoms with Crippen LogP contribution in [0, 0.1) is 5.41 Å². The summed E-state index contributed by atoms with van der Waals surface area (Å²) in [5.41, 5.74) is 3.34. The van der Waals surface area contributed by atoms with Crippen molar-refractivity contribution in [3.05, 3.63) is 71.5 Å². The molecule has 0 fully saturated rings. The lowest BCUT2D eigenvalue weighted by Crippen LogP contribution is -2.33. The molecule has 4 heterocycles. The maximum atomic E-state index is 13.6. The van der Waals surface area contributed by atoms with Gasteiger partial charge in [0.05, 0.1) is 25.7 Å². The van der Waals surface area contributed by atoms with E-state index in [1.54, 1.807) is 37.5 Å². The molecule has 1 aliphatic carbocycles. The van der Waals surface area contributed by atoms with Crippen LogP contribution in [0.3, 0.4) is 0 Å². The molecular weight excluding hydrogens is 458 g/mol. The van der Waals surface area contributed by atoms with Crippen LogP contribution in [0.2, 0.25) is 0 Å². The van der Waals surface area contributed by atoms with E-state index in [4.69, 9.17) is 19.2 Å². The topological polar surface area (TPSA) is 101 Å². The van der Waals surface area contributed by atoms with Gasteiger partial charge in [-0.05, 0) is 35.2 Å². The van der Waals surface area contributed by atoms with Crippen molar-refractivity contribution >= 4 is 11.4 Å². The molecule has 0 radical (unpaired) electrons. The summed E-state index contributed by atoms with van der Waals surface area (Å²) in [4.78, 5) is 27.2. The highest BCUT2D eigenvalue weighted by atomic mass is 16.5. The Kier molecular flexibility index (Phi) is 5.03. The Bertz CT molecular complexity index is 1540. The SMILES string of the molecule is COc1ccc([C@@H]2C3=C(CC(C)(C)CC3=O)Oc3ncn4nc(-c5cccnc5)nc4c32)cc1OC. The monoisotopic (exact) mass is 483 g/mol.